The van der Waals surface area contributed by atoms with Crippen molar-refractivity contribution in [3.05, 3.63) is 35.4 Å². The van der Waals surface area contributed by atoms with Crippen LogP contribution in [0, 0.1) is 6.92 Å². The highest BCUT2D eigenvalue weighted by atomic mass is 32.2. The van der Waals surface area contributed by atoms with Gasteiger partial charge in [-0.2, -0.15) is 0 Å². The highest BCUT2D eigenvalue weighted by Gasteiger charge is 2.30. The van der Waals surface area contributed by atoms with E-state index in [9.17, 15) is 4.21 Å². The minimum atomic E-state index is -0.632. The van der Waals surface area contributed by atoms with Crippen molar-refractivity contribution in [2.45, 2.75) is 38.6 Å². The molecule has 0 heterocycles. The van der Waals surface area contributed by atoms with Crippen molar-refractivity contribution in [3.63, 3.8) is 0 Å². The monoisotopic (exact) mass is 265 g/mol. The molecule has 0 aromatic heterocycles. The maximum absolute atomic E-state index is 11.3. The molecule has 1 aromatic carbocycles. The molecule has 1 unspecified atom stereocenters. The summed E-state index contributed by atoms with van der Waals surface area (Å²) < 4.78 is 11.3. The molecule has 0 spiro atoms. The average Bonchev–Trinajstić information content (AvgIpc) is 2.33. The Morgan fingerprint density at radius 3 is 2.72 bits per heavy atom. The van der Waals surface area contributed by atoms with Crippen LogP contribution in [0.5, 0.6) is 0 Å². The zero-order valence-corrected chi connectivity index (χ0v) is 12.1. The van der Waals surface area contributed by atoms with Crippen LogP contribution in [0.2, 0.25) is 0 Å². The van der Waals surface area contributed by atoms with Gasteiger partial charge < -0.3 is 5.32 Å². The van der Waals surface area contributed by atoms with Crippen LogP contribution in [0.15, 0.2) is 24.3 Å². The lowest BCUT2D eigenvalue weighted by molar-refractivity contribution is 0.295. The van der Waals surface area contributed by atoms with Gasteiger partial charge in [-0.15, -0.1) is 0 Å². The molecular weight excluding hydrogens is 242 g/mol. The van der Waals surface area contributed by atoms with Crippen LogP contribution < -0.4 is 5.32 Å². The second-order valence-electron chi connectivity index (χ2n) is 5.11. The van der Waals surface area contributed by atoms with Crippen LogP contribution in [0.25, 0.3) is 0 Å². The van der Waals surface area contributed by atoms with E-state index in [1.807, 2.05) is 6.92 Å². The normalized spacial score (nSPS) is 24.6. The molecule has 0 radical (unpaired) electrons. The van der Waals surface area contributed by atoms with Gasteiger partial charge in [0.25, 0.3) is 0 Å². The molecule has 0 aliphatic heterocycles. The zero-order chi connectivity index (χ0) is 13.0. The molecule has 1 aliphatic rings. The molecule has 1 fully saturated rings. The van der Waals surface area contributed by atoms with Crippen molar-refractivity contribution in [3.8, 4) is 0 Å². The highest BCUT2D eigenvalue weighted by Crippen LogP contribution is 2.38. The number of benzene rings is 1. The van der Waals surface area contributed by atoms with E-state index in [4.69, 9.17) is 0 Å². The van der Waals surface area contributed by atoms with Gasteiger partial charge in [0.2, 0.25) is 0 Å². The third-order valence-electron chi connectivity index (χ3n) is 3.85. The molecule has 0 saturated heterocycles. The Morgan fingerprint density at radius 1 is 1.33 bits per heavy atom. The van der Waals surface area contributed by atoms with E-state index in [1.165, 1.54) is 24.0 Å². The van der Waals surface area contributed by atoms with Gasteiger partial charge >= 0.3 is 0 Å². The molecule has 1 N–H and O–H groups in total. The minimum Gasteiger partial charge on any atom is -0.313 e. The molecule has 100 valence electrons. The fourth-order valence-electron chi connectivity index (χ4n) is 2.60. The Kier molecular flexibility index (Phi) is 4.95. The summed E-state index contributed by atoms with van der Waals surface area (Å²) in [5, 5.41) is 3.51. The molecular formula is C15H23NOS. The third kappa shape index (κ3) is 3.42. The van der Waals surface area contributed by atoms with Crippen molar-refractivity contribution < 1.29 is 4.21 Å². The highest BCUT2D eigenvalue weighted by molar-refractivity contribution is 7.84. The van der Waals surface area contributed by atoms with Crippen LogP contribution in [-0.2, 0) is 10.8 Å². The number of nitrogens with one attached hydrogen (secondary N) is 1. The van der Waals surface area contributed by atoms with Gasteiger partial charge in [-0.25, -0.2) is 0 Å². The first-order chi connectivity index (χ1) is 8.70. The largest absolute Gasteiger partial charge is 0.313 e. The Hall–Kier alpha value is -0.670. The molecule has 3 heteroatoms. The van der Waals surface area contributed by atoms with E-state index in [0.29, 0.717) is 6.04 Å². The van der Waals surface area contributed by atoms with E-state index in [0.717, 1.165) is 24.0 Å². The molecule has 1 aromatic rings. The van der Waals surface area contributed by atoms with E-state index in [2.05, 4.69) is 36.5 Å². The van der Waals surface area contributed by atoms with Crippen molar-refractivity contribution in [2.75, 3.05) is 18.1 Å². The smallest absolute Gasteiger partial charge is 0.0360 e. The number of hydrogen-bond donors (Lipinski definition) is 1. The lowest BCUT2D eigenvalue weighted by atomic mass is 9.74. The third-order valence-corrected chi connectivity index (χ3v) is 5.15. The fraction of sp³-hybridized carbons (Fsp3) is 0.600. The van der Waals surface area contributed by atoms with Gasteiger partial charge in [0.15, 0.2) is 0 Å². The van der Waals surface area contributed by atoms with Crippen LogP contribution >= 0.6 is 0 Å². The lowest BCUT2D eigenvalue weighted by Gasteiger charge is -2.37. The van der Waals surface area contributed by atoms with Gasteiger partial charge in [-0.3, -0.25) is 4.21 Å². The van der Waals surface area contributed by atoms with Crippen LogP contribution in [0.1, 0.15) is 36.8 Å². The van der Waals surface area contributed by atoms with Crippen molar-refractivity contribution in [1.82, 2.24) is 5.32 Å². The van der Waals surface area contributed by atoms with E-state index >= 15 is 0 Å². The molecule has 2 rings (SSSR count). The quantitative estimate of drug-likeness (QED) is 0.856. The molecule has 0 bridgehead atoms. The molecule has 18 heavy (non-hydrogen) atoms. The summed E-state index contributed by atoms with van der Waals surface area (Å²) >= 11 is 0. The van der Waals surface area contributed by atoms with Crippen LogP contribution in [0.3, 0.4) is 0 Å². The first-order valence-corrected chi connectivity index (χ1v) is 8.33. The van der Waals surface area contributed by atoms with Gasteiger partial charge in [0.1, 0.15) is 0 Å². The van der Waals surface area contributed by atoms with E-state index < -0.39 is 10.8 Å². The summed E-state index contributed by atoms with van der Waals surface area (Å²) in [4.78, 5) is 0. The predicted octanol–water partition coefficient (Wildman–Crippen LogP) is 2.60. The first kappa shape index (κ1) is 13.8. The topological polar surface area (TPSA) is 29.1 Å². The summed E-state index contributed by atoms with van der Waals surface area (Å²) in [6, 6.07) is 9.31. The molecule has 2 nitrogen and oxygen atoms in total. The van der Waals surface area contributed by atoms with Crippen molar-refractivity contribution in [2.24, 2.45) is 0 Å². The Balaban J connectivity index is 1.71. The van der Waals surface area contributed by atoms with Gasteiger partial charge in [0.05, 0.1) is 0 Å². The summed E-state index contributed by atoms with van der Waals surface area (Å²) in [7, 11) is -0.632. The van der Waals surface area contributed by atoms with Gasteiger partial charge in [-0.1, -0.05) is 31.2 Å². The zero-order valence-electron chi connectivity index (χ0n) is 11.3. The average molecular weight is 265 g/mol. The first-order valence-electron chi connectivity index (χ1n) is 6.84. The second kappa shape index (κ2) is 6.48. The Morgan fingerprint density at radius 2 is 2.06 bits per heavy atom. The summed E-state index contributed by atoms with van der Waals surface area (Å²) in [5.74, 6) is 2.29. The Bertz CT molecular complexity index is 413. The number of hydrogen-bond acceptors (Lipinski definition) is 2. The molecule has 1 atom stereocenters. The number of aryl methyl sites for hydroxylation is 1. The summed E-state index contributed by atoms with van der Waals surface area (Å²) in [6.45, 7) is 5.07. The molecule has 1 saturated carbocycles. The molecule has 1 aliphatic carbocycles. The fourth-order valence-corrected chi connectivity index (χ4v) is 3.24. The van der Waals surface area contributed by atoms with Gasteiger partial charge in [-0.05, 0) is 36.8 Å². The lowest BCUT2D eigenvalue weighted by Crippen LogP contribution is -2.41. The minimum absolute atomic E-state index is 0.628. The van der Waals surface area contributed by atoms with E-state index in [-0.39, 0.29) is 0 Å². The van der Waals surface area contributed by atoms with Crippen molar-refractivity contribution >= 4 is 10.8 Å². The molecule has 0 amide bonds. The number of rotatable bonds is 6. The Labute approximate surface area is 113 Å². The van der Waals surface area contributed by atoms with E-state index in [1.54, 1.807) is 0 Å². The summed E-state index contributed by atoms with van der Waals surface area (Å²) in [6.07, 6.45) is 2.45. The maximum Gasteiger partial charge on any atom is 0.0360 e. The van der Waals surface area contributed by atoms with Crippen LogP contribution in [-0.4, -0.2) is 28.3 Å². The summed E-state index contributed by atoms with van der Waals surface area (Å²) in [5.41, 5.74) is 2.92. The van der Waals surface area contributed by atoms with Crippen molar-refractivity contribution in [1.29, 1.82) is 0 Å². The standard InChI is InChI=1S/C15H23NOS/c1-3-18(17)9-8-16-14-10-13(11-14)15-7-5-4-6-12(15)2/h4-7,13-14,16H,3,8-11H2,1-2H3. The second-order valence-corrected chi connectivity index (χ2v) is 6.97. The van der Waals surface area contributed by atoms with Gasteiger partial charge in [0, 0.05) is 34.9 Å². The van der Waals surface area contributed by atoms with Crippen LogP contribution in [0.4, 0.5) is 0 Å². The SMILES string of the molecule is CCS(=O)CCNC1CC(c2ccccc2C)C1. The maximum atomic E-state index is 11.3. The predicted molar refractivity (Wildman–Crippen MR) is 78.5 cm³/mol.